The summed E-state index contributed by atoms with van der Waals surface area (Å²) in [7, 11) is 0. The topological polar surface area (TPSA) is 30.0 Å². The summed E-state index contributed by atoms with van der Waals surface area (Å²) in [5.74, 6) is 0.215. The van der Waals surface area contributed by atoms with Gasteiger partial charge in [-0.2, -0.15) is 11.3 Å². The molecule has 2 aromatic heterocycles. The number of nitrogens with zero attached hydrogens (tertiary/aromatic N) is 1. The third-order valence-corrected chi connectivity index (χ3v) is 2.82. The van der Waals surface area contributed by atoms with Crippen molar-refractivity contribution in [2.75, 3.05) is 0 Å². The van der Waals surface area contributed by atoms with E-state index in [1.54, 1.807) is 17.5 Å². The molecule has 0 aliphatic carbocycles. The van der Waals surface area contributed by atoms with Gasteiger partial charge in [-0.1, -0.05) is 6.07 Å². The summed E-state index contributed by atoms with van der Waals surface area (Å²) in [6.45, 7) is 0. The van der Waals surface area contributed by atoms with Crippen molar-refractivity contribution in [2.45, 2.75) is 12.8 Å². The smallest absolute Gasteiger partial charge is 0.143 e. The first-order chi connectivity index (χ1) is 7.34. The van der Waals surface area contributed by atoms with Gasteiger partial charge >= 0.3 is 0 Å². The lowest BCUT2D eigenvalue weighted by atomic mass is 10.1. The van der Waals surface area contributed by atoms with E-state index in [-0.39, 0.29) is 5.78 Å². The Hall–Kier alpha value is -1.48. The van der Waals surface area contributed by atoms with Gasteiger partial charge in [0.25, 0.3) is 0 Å². The summed E-state index contributed by atoms with van der Waals surface area (Å²) >= 11 is 1.62. The Morgan fingerprint density at radius 2 is 2.20 bits per heavy atom. The third kappa shape index (κ3) is 2.99. The minimum absolute atomic E-state index is 0.215. The van der Waals surface area contributed by atoms with Crippen LogP contribution < -0.4 is 0 Å². The van der Waals surface area contributed by atoms with Crippen LogP contribution in [0.4, 0.5) is 0 Å². The molecule has 0 spiro atoms. The average Bonchev–Trinajstić information content (AvgIpc) is 2.71. The SMILES string of the molecule is O=C(Cc1ccsc1)Cc1ccccn1. The van der Waals surface area contributed by atoms with Crippen LogP contribution in [0.2, 0.25) is 0 Å². The monoisotopic (exact) mass is 217 g/mol. The number of carbonyl (C=O) groups is 1. The molecule has 0 atom stereocenters. The van der Waals surface area contributed by atoms with Crippen LogP contribution in [-0.4, -0.2) is 10.8 Å². The highest BCUT2D eigenvalue weighted by atomic mass is 32.1. The van der Waals surface area contributed by atoms with Crippen LogP contribution in [0.5, 0.6) is 0 Å². The van der Waals surface area contributed by atoms with E-state index in [0.717, 1.165) is 11.3 Å². The van der Waals surface area contributed by atoms with Crippen LogP contribution in [0.15, 0.2) is 41.2 Å². The van der Waals surface area contributed by atoms with Gasteiger partial charge in [0, 0.05) is 24.7 Å². The summed E-state index contributed by atoms with van der Waals surface area (Å²) in [4.78, 5) is 15.8. The van der Waals surface area contributed by atoms with E-state index in [1.165, 1.54) is 0 Å². The summed E-state index contributed by atoms with van der Waals surface area (Å²) in [5.41, 5.74) is 1.94. The summed E-state index contributed by atoms with van der Waals surface area (Å²) < 4.78 is 0. The predicted octanol–water partition coefficient (Wildman–Crippen LogP) is 2.50. The maximum absolute atomic E-state index is 11.6. The zero-order valence-corrected chi connectivity index (χ0v) is 9.04. The fraction of sp³-hybridized carbons (Fsp3) is 0.167. The lowest BCUT2D eigenvalue weighted by Crippen LogP contribution is -2.06. The molecule has 0 radical (unpaired) electrons. The second-order valence-electron chi connectivity index (χ2n) is 3.34. The molecule has 0 saturated heterocycles. The Kier molecular flexibility index (Phi) is 3.25. The zero-order valence-electron chi connectivity index (χ0n) is 8.22. The molecule has 0 amide bonds. The van der Waals surface area contributed by atoms with E-state index in [9.17, 15) is 4.79 Å². The van der Waals surface area contributed by atoms with E-state index in [2.05, 4.69) is 4.98 Å². The molecule has 2 aromatic rings. The van der Waals surface area contributed by atoms with Gasteiger partial charge in [0.2, 0.25) is 0 Å². The number of rotatable bonds is 4. The molecule has 76 valence electrons. The fourth-order valence-corrected chi connectivity index (χ4v) is 2.06. The fourth-order valence-electron chi connectivity index (χ4n) is 1.39. The van der Waals surface area contributed by atoms with Crippen LogP contribution in [0.3, 0.4) is 0 Å². The van der Waals surface area contributed by atoms with Crippen molar-refractivity contribution in [3.05, 3.63) is 52.5 Å². The molecule has 0 aromatic carbocycles. The van der Waals surface area contributed by atoms with Gasteiger partial charge in [0.05, 0.1) is 0 Å². The first kappa shape index (κ1) is 10.1. The quantitative estimate of drug-likeness (QED) is 0.787. The molecule has 0 fully saturated rings. The van der Waals surface area contributed by atoms with Gasteiger partial charge in [-0.25, -0.2) is 0 Å². The highest BCUT2D eigenvalue weighted by Gasteiger charge is 2.05. The molecule has 0 bridgehead atoms. The summed E-state index contributed by atoms with van der Waals surface area (Å²) in [5, 5.41) is 4.00. The largest absolute Gasteiger partial charge is 0.299 e. The van der Waals surface area contributed by atoms with Crippen molar-refractivity contribution >= 4 is 17.1 Å². The van der Waals surface area contributed by atoms with Gasteiger partial charge in [-0.15, -0.1) is 0 Å². The van der Waals surface area contributed by atoms with Crippen LogP contribution in [0.25, 0.3) is 0 Å². The van der Waals surface area contributed by atoms with Gasteiger partial charge in [0.15, 0.2) is 0 Å². The molecule has 2 heterocycles. The highest BCUT2D eigenvalue weighted by molar-refractivity contribution is 7.07. The first-order valence-corrected chi connectivity index (χ1v) is 5.71. The lowest BCUT2D eigenvalue weighted by Gasteiger charge is -1.98. The Bertz CT molecular complexity index is 422. The van der Waals surface area contributed by atoms with Crippen molar-refractivity contribution in [2.24, 2.45) is 0 Å². The van der Waals surface area contributed by atoms with Gasteiger partial charge in [0.1, 0.15) is 5.78 Å². The molecule has 0 aliphatic rings. The van der Waals surface area contributed by atoms with Crippen molar-refractivity contribution < 1.29 is 4.79 Å². The second-order valence-corrected chi connectivity index (χ2v) is 4.12. The molecule has 2 nitrogen and oxygen atoms in total. The maximum atomic E-state index is 11.6. The number of thiophene rings is 1. The predicted molar refractivity (Wildman–Crippen MR) is 61.0 cm³/mol. The van der Waals surface area contributed by atoms with Crippen LogP contribution in [0, 0.1) is 0 Å². The average molecular weight is 217 g/mol. The number of Topliss-reactive ketones (excluding diaryl/α,β-unsaturated/α-hetero) is 1. The van der Waals surface area contributed by atoms with Crippen molar-refractivity contribution in [3.63, 3.8) is 0 Å². The van der Waals surface area contributed by atoms with Crippen LogP contribution in [-0.2, 0) is 17.6 Å². The summed E-state index contributed by atoms with van der Waals surface area (Å²) in [6.07, 6.45) is 2.66. The van der Waals surface area contributed by atoms with Gasteiger partial charge in [-0.05, 0) is 34.5 Å². The Balaban J connectivity index is 1.94. The standard InChI is InChI=1S/C12H11NOS/c14-12(7-10-4-6-15-9-10)8-11-3-1-2-5-13-11/h1-6,9H,7-8H2. The normalized spacial score (nSPS) is 10.1. The molecule has 0 saturated carbocycles. The maximum Gasteiger partial charge on any atom is 0.143 e. The summed E-state index contributed by atoms with van der Waals surface area (Å²) in [6, 6.07) is 7.62. The number of carbonyl (C=O) groups excluding carboxylic acids is 1. The molecule has 0 aliphatic heterocycles. The number of aromatic nitrogens is 1. The molecular formula is C12H11NOS. The minimum Gasteiger partial charge on any atom is -0.299 e. The first-order valence-electron chi connectivity index (χ1n) is 4.77. The van der Waals surface area contributed by atoms with Crippen LogP contribution >= 0.6 is 11.3 Å². The van der Waals surface area contributed by atoms with Crippen LogP contribution in [0.1, 0.15) is 11.3 Å². The Morgan fingerprint density at radius 3 is 2.87 bits per heavy atom. The number of hydrogen-bond donors (Lipinski definition) is 0. The molecule has 2 rings (SSSR count). The van der Waals surface area contributed by atoms with E-state index >= 15 is 0 Å². The molecular weight excluding hydrogens is 206 g/mol. The molecule has 0 unspecified atom stereocenters. The zero-order chi connectivity index (χ0) is 10.5. The second kappa shape index (κ2) is 4.84. The van der Waals surface area contributed by atoms with Crippen molar-refractivity contribution in [1.82, 2.24) is 4.98 Å². The molecule has 15 heavy (non-hydrogen) atoms. The van der Waals surface area contributed by atoms with Gasteiger partial charge in [-0.3, -0.25) is 9.78 Å². The van der Waals surface area contributed by atoms with Crippen molar-refractivity contribution in [1.29, 1.82) is 0 Å². The molecule has 3 heteroatoms. The van der Waals surface area contributed by atoms with E-state index in [1.807, 2.05) is 35.0 Å². The number of pyridine rings is 1. The lowest BCUT2D eigenvalue weighted by molar-refractivity contribution is -0.117. The number of hydrogen-bond acceptors (Lipinski definition) is 3. The minimum atomic E-state index is 0.215. The van der Waals surface area contributed by atoms with Gasteiger partial charge < -0.3 is 0 Å². The van der Waals surface area contributed by atoms with Crippen molar-refractivity contribution in [3.8, 4) is 0 Å². The van der Waals surface area contributed by atoms with E-state index in [4.69, 9.17) is 0 Å². The molecule has 0 N–H and O–H groups in total. The van der Waals surface area contributed by atoms with E-state index in [0.29, 0.717) is 12.8 Å². The Morgan fingerprint density at radius 1 is 1.27 bits per heavy atom. The number of ketones is 1. The van der Waals surface area contributed by atoms with E-state index < -0.39 is 0 Å². The third-order valence-electron chi connectivity index (χ3n) is 2.09. The Labute approximate surface area is 92.6 Å². The highest BCUT2D eigenvalue weighted by Crippen LogP contribution is 2.08.